The van der Waals surface area contributed by atoms with Crippen LogP contribution >= 0.6 is 0 Å². The van der Waals surface area contributed by atoms with E-state index in [1.807, 2.05) is 11.9 Å². The first-order valence-electron chi connectivity index (χ1n) is 13.5. The third-order valence-corrected chi connectivity index (χ3v) is 6.07. The fourth-order valence-corrected chi connectivity index (χ4v) is 3.86. The number of aliphatic carboxylic acids is 1. The van der Waals surface area contributed by atoms with Gasteiger partial charge in [-0.25, -0.2) is 14.8 Å². The van der Waals surface area contributed by atoms with E-state index in [2.05, 4.69) is 40.6 Å². The van der Waals surface area contributed by atoms with E-state index in [1.54, 1.807) is 30.5 Å². The number of nitrogens with zero attached hydrogens (tertiary/aromatic N) is 8. The number of azide groups is 1. The number of nitrogen functional groups attached to an aromatic ring is 2. The molecule has 2 heterocycles. The normalized spacial score (nSPS) is 11.4. The third kappa shape index (κ3) is 10.5. The van der Waals surface area contributed by atoms with E-state index in [9.17, 15) is 19.5 Å². The highest BCUT2D eigenvalue weighted by Crippen LogP contribution is 2.19. The maximum Gasteiger partial charge on any atom is 0.326 e. The molecule has 7 N–H and O–H groups in total. The SMILES string of the molecule is CN(Cc1cnc2nc(N)nc(N)c2n1)c1ccc(C(=O)N[C@@H](CCC(=O)NCCOCCOCCN=[N+]=[N-])C(=O)O)cc1. The van der Waals surface area contributed by atoms with Gasteiger partial charge in [-0.2, -0.15) is 9.97 Å². The summed E-state index contributed by atoms with van der Waals surface area (Å²) in [5.41, 5.74) is 21.9. The highest BCUT2D eigenvalue weighted by molar-refractivity contribution is 5.97. The summed E-state index contributed by atoms with van der Waals surface area (Å²) in [5.74, 6) is -2.07. The average Bonchev–Trinajstić information content (AvgIpc) is 3.00. The smallest absolute Gasteiger partial charge is 0.326 e. The van der Waals surface area contributed by atoms with E-state index < -0.39 is 17.9 Å². The Morgan fingerprint density at radius 1 is 1.09 bits per heavy atom. The monoisotopic (exact) mass is 610 g/mol. The van der Waals surface area contributed by atoms with Gasteiger partial charge in [0.2, 0.25) is 11.9 Å². The van der Waals surface area contributed by atoms with E-state index in [0.29, 0.717) is 43.2 Å². The van der Waals surface area contributed by atoms with Crippen molar-refractivity contribution in [3.05, 3.63) is 52.2 Å². The second-order valence-electron chi connectivity index (χ2n) is 9.34. The standard InChI is InChI=1S/C26H34N12O6/c1-38(15-17-14-31-23-21(33-17)22(27)35-26(28)36-23)18-4-2-16(3-5-18)24(40)34-19(25(41)42)6-7-20(39)30-8-10-43-12-13-44-11-9-32-37-29/h2-5,14,19H,6-13,15H2,1H3,(H,30,39)(H,34,40)(H,41,42)(H4,27,28,31,35,36)/t19-/m0/s1. The molecule has 0 fully saturated rings. The number of rotatable bonds is 18. The number of ether oxygens (including phenoxy) is 2. The zero-order valence-corrected chi connectivity index (χ0v) is 24.0. The van der Waals surface area contributed by atoms with E-state index in [4.69, 9.17) is 26.5 Å². The molecule has 3 rings (SSSR count). The zero-order valence-electron chi connectivity index (χ0n) is 24.0. The zero-order chi connectivity index (χ0) is 31.9. The number of benzene rings is 1. The Hall–Kier alpha value is -5.32. The van der Waals surface area contributed by atoms with E-state index in [0.717, 1.165) is 5.69 Å². The fraction of sp³-hybridized carbons (Fsp3) is 0.423. The summed E-state index contributed by atoms with van der Waals surface area (Å²) >= 11 is 0. The molecular weight excluding hydrogens is 576 g/mol. The third-order valence-electron chi connectivity index (χ3n) is 6.07. The second kappa shape index (κ2) is 17.0. The molecule has 0 aliphatic heterocycles. The van der Waals surface area contributed by atoms with Crippen LogP contribution in [-0.4, -0.2) is 95.4 Å². The highest BCUT2D eigenvalue weighted by Gasteiger charge is 2.22. The molecule has 0 saturated carbocycles. The number of carboxylic acids is 1. The van der Waals surface area contributed by atoms with Crippen LogP contribution in [0.3, 0.4) is 0 Å². The second-order valence-corrected chi connectivity index (χ2v) is 9.34. The lowest BCUT2D eigenvalue weighted by atomic mass is 10.1. The molecule has 0 spiro atoms. The Kier molecular flexibility index (Phi) is 12.8. The molecule has 0 unspecified atom stereocenters. The van der Waals surface area contributed by atoms with Gasteiger partial charge in [0, 0.05) is 42.7 Å². The number of amides is 2. The number of fused-ring (bicyclic) bond motifs is 1. The first-order chi connectivity index (χ1) is 21.2. The quantitative estimate of drug-likeness (QED) is 0.0573. The van der Waals surface area contributed by atoms with Crippen molar-refractivity contribution in [2.75, 3.05) is 62.9 Å². The van der Waals surface area contributed by atoms with Gasteiger partial charge in [0.05, 0.1) is 44.9 Å². The van der Waals surface area contributed by atoms with Crippen LogP contribution in [0.4, 0.5) is 17.5 Å². The Labute approximate surface area is 251 Å². The minimum absolute atomic E-state index is 0.0105. The summed E-state index contributed by atoms with van der Waals surface area (Å²) in [6, 6.07) is 5.30. The van der Waals surface area contributed by atoms with E-state index >= 15 is 0 Å². The molecule has 0 aliphatic carbocycles. The van der Waals surface area contributed by atoms with Crippen molar-refractivity contribution in [3.8, 4) is 0 Å². The van der Waals surface area contributed by atoms with Crippen molar-refractivity contribution in [2.24, 2.45) is 5.11 Å². The van der Waals surface area contributed by atoms with Gasteiger partial charge in [-0.1, -0.05) is 5.11 Å². The van der Waals surface area contributed by atoms with Crippen LogP contribution in [0.25, 0.3) is 21.6 Å². The Balaban J connectivity index is 1.42. The number of hydrogen-bond acceptors (Lipinski definition) is 13. The molecule has 234 valence electrons. The minimum atomic E-state index is -1.26. The van der Waals surface area contributed by atoms with E-state index in [-0.39, 0.29) is 55.8 Å². The first kappa shape index (κ1) is 33.2. The van der Waals surface area contributed by atoms with Crippen molar-refractivity contribution in [1.29, 1.82) is 0 Å². The number of nitrogens with two attached hydrogens (primary N) is 2. The van der Waals surface area contributed by atoms with Crippen LogP contribution in [0.2, 0.25) is 0 Å². The number of anilines is 3. The number of nitrogens with one attached hydrogen (secondary N) is 2. The molecule has 18 heteroatoms. The molecule has 44 heavy (non-hydrogen) atoms. The Morgan fingerprint density at radius 2 is 1.82 bits per heavy atom. The predicted molar refractivity (Wildman–Crippen MR) is 159 cm³/mol. The molecule has 0 saturated heterocycles. The summed E-state index contributed by atoms with van der Waals surface area (Å²) in [4.78, 5) is 57.7. The molecule has 0 bridgehead atoms. The summed E-state index contributed by atoms with van der Waals surface area (Å²) in [6.45, 7) is 1.99. The van der Waals surface area contributed by atoms with Gasteiger partial charge in [-0.05, 0) is 36.2 Å². The van der Waals surface area contributed by atoms with Crippen LogP contribution in [-0.2, 0) is 25.6 Å². The van der Waals surface area contributed by atoms with Gasteiger partial charge >= 0.3 is 5.97 Å². The topological polar surface area (TPSA) is 270 Å². The largest absolute Gasteiger partial charge is 0.480 e. The molecule has 3 aromatic rings. The average molecular weight is 611 g/mol. The number of carboxylic acid groups (broad SMARTS) is 1. The van der Waals surface area contributed by atoms with Gasteiger partial charge in [0.25, 0.3) is 5.91 Å². The van der Waals surface area contributed by atoms with Crippen LogP contribution in [0.5, 0.6) is 0 Å². The van der Waals surface area contributed by atoms with Gasteiger partial charge < -0.3 is 41.6 Å². The van der Waals surface area contributed by atoms with Crippen molar-refractivity contribution in [2.45, 2.75) is 25.4 Å². The maximum absolute atomic E-state index is 12.7. The molecule has 1 atom stereocenters. The highest BCUT2D eigenvalue weighted by atomic mass is 16.5. The van der Waals surface area contributed by atoms with Crippen LogP contribution in [0, 0.1) is 0 Å². The van der Waals surface area contributed by atoms with Crippen molar-refractivity contribution in [1.82, 2.24) is 30.6 Å². The van der Waals surface area contributed by atoms with Crippen molar-refractivity contribution in [3.63, 3.8) is 0 Å². The number of aromatic nitrogens is 4. The molecule has 18 nitrogen and oxygen atoms in total. The summed E-state index contributed by atoms with van der Waals surface area (Å²) in [7, 11) is 1.83. The first-order valence-corrected chi connectivity index (χ1v) is 13.5. The van der Waals surface area contributed by atoms with Crippen LogP contribution < -0.4 is 27.0 Å². The lowest BCUT2D eigenvalue weighted by molar-refractivity contribution is -0.139. The van der Waals surface area contributed by atoms with Gasteiger partial charge in [-0.15, -0.1) is 0 Å². The number of carbonyl (C=O) groups excluding carboxylic acids is 2. The van der Waals surface area contributed by atoms with Crippen LogP contribution in [0.1, 0.15) is 28.9 Å². The molecule has 1 aromatic carbocycles. The van der Waals surface area contributed by atoms with Crippen LogP contribution in [0.15, 0.2) is 35.6 Å². The van der Waals surface area contributed by atoms with E-state index in [1.165, 1.54) is 0 Å². The number of carbonyl (C=O) groups is 3. The summed E-state index contributed by atoms with van der Waals surface area (Å²) < 4.78 is 10.5. The summed E-state index contributed by atoms with van der Waals surface area (Å²) in [6.07, 6.45) is 1.36. The fourth-order valence-electron chi connectivity index (χ4n) is 3.86. The van der Waals surface area contributed by atoms with Crippen molar-refractivity contribution < 1.29 is 29.0 Å². The van der Waals surface area contributed by atoms with Gasteiger partial charge in [-0.3, -0.25) is 9.59 Å². The van der Waals surface area contributed by atoms with Crippen molar-refractivity contribution >= 4 is 46.4 Å². The predicted octanol–water partition coefficient (Wildman–Crippen LogP) is 0.644. The Morgan fingerprint density at radius 3 is 2.52 bits per heavy atom. The lowest BCUT2D eigenvalue weighted by Gasteiger charge is -2.19. The molecular formula is C26H34N12O6. The van der Waals surface area contributed by atoms with Gasteiger partial charge in [0.1, 0.15) is 6.04 Å². The lowest BCUT2D eigenvalue weighted by Crippen LogP contribution is -2.41. The molecule has 0 radical (unpaired) electrons. The summed E-state index contributed by atoms with van der Waals surface area (Å²) in [5, 5.41) is 18.0. The Bertz CT molecular complexity index is 1480. The van der Waals surface area contributed by atoms with Gasteiger partial charge in [0.15, 0.2) is 17.0 Å². The molecule has 0 aliphatic rings. The maximum atomic E-state index is 12.7. The number of hydrogen-bond donors (Lipinski definition) is 5. The minimum Gasteiger partial charge on any atom is -0.480 e. The molecule has 2 aromatic heterocycles. The molecule has 2 amide bonds.